The Labute approximate surface area is 141 Å². The smallest absolute Gasteiger partial charge is 0.226 e. The van der Waals surface area contributed by atoms with Crippen LogP contribution >= 0.6 is 0 Å². The van der Waals surface area contributed by atoms with Crippen LogP contribution in [0.4, 0.5) is 4.39 Å². The molecule has 4 nitrogen and oxygen atoms in total. The van der Waals surface area contributed by atoms with Gasteiger partial charge in [0.05, 0.1) is 18.8 Å². The zero-order chi connectivity index (χ0) is 16.7. The van der Waals surface area contributed by atoms with Crippen molar-refractivity contribution in [2.75, 3.05) is 6.54 Å². The monoisotopic (exact) mass is 327 g/mol. The lowest BCUT2D eigenvalue weighted by Crippen LogP contribution is -2.39. The van der Waals surface area contributed by atoms with Gasteiger partial charge in [0.25, 0.3) is 0 Å². The molecule has 126 valence electrons. The average Bonchev–Trinajstić information content (AvgIpc) is 3.06. The molecular weight excluding hydrogens is 305 g/mol. The molecule has 1 saturated carbocycles. The lowest BCUT2D eigenvalue weighted by atomic mass is 10.1. The summed E-state index contributed by atoms with van der Waals surface area (Å²) in [6, 6.07) is 6.82. The van der Waals surface area contributed by atoms with E-state index < -0.39 is 0 Å². The topological polar surface area (TPSA) is 38.1 Å². The van der Waals surface area contributed by atoms with Gasteiger partial charge < -0.3 is 4.90 Å². The molecule has 2 fully saturated rings. The van der Waals surface area contributed by atoms with Crippen molar-refractivity contribution in [3.05, 3.63) is 53.6 Å². The van der Waals surface area contributed by atoms with Crippen molar-refractivity contribution in [2.24, 2.45) is 5.92 Å². The Morgan fingerprint density at radius 1 is 1.33 bits per heavy atom. The van der Waals surface area contributed by atoms with E-state index in [2.05, 4.69) is 5.10 Å². The van der Waals surface area contributed by atoms with Gasteiger partial charge in [0.15, 0.2) is 0 Å². The molecule has 2 aromatic rings. The van der Waals surface area contributed by atoms with E-state index in [0.29, 0.717) is 0 Å². The van der Waals surface area contributed by atoms with Crippen LogP contribution in [0, 0.1) is 18.7 Å². The largest absolute Gasteiger partial charge is 0.338 e. The number of carbonyl (C=O) groups is 1. The normalized spacial score (nSPS) is 25.9. The van der Waals surface area contributed by atoms with Crippen LogP contribution < -0.4 is 0 Å². The van der Waals surface area contributed by atoms with Crippen molar-refractivity contribution in [3.8, 4) is 0 Å². The maximum atomic E-state index is 13.0. The van der Waals surface area contributed by atoms with Crippen molar-refractivity contribution in [2.45, 2.75) is 44.7 Å². The molecule has 1 aromatic heterocycles. The van der Waals surface area contributed by atoms with Crippen molar-refractivity contribution in [1.82, 2.24) is 14.7 Å². The number of benzene rings is 1. The second-order valence-electron chi connectivity index (χ2n) is 7.07. The zero-order valence-electron chi connectivity index (χ0n) is 13.9. The first-order valence-electron chi connectivity index (χ1n) is 8.67. The van der Waals surface area contributed by atoms with Crippen molar-refractivity contribution < 1.29 is 9.18 Å². The summed E-state index contributed by atoms with van der Waals surface area (Å²) >= 11 is 0. The molecule has 3 atom stereocenters. The number of likely N-dealkylation sites (tertiary alicyclic amines) is 1. The number of hydrogen-bond acceptors (Lipinski definition) is 2. The molecule has 24 heavy (non-hydrogen) atoms. The summed E-state index contributed by atoms with van der Waals surface area (Å²) < 4.78 is 15.0. The molecule has 5 heteroatoms. The van der Waals surface area contributed by atoms with E-state index in [-0.39, 0.29) is 29.6 Å². The molecular formula is C19H22FN3O. The van der Waals surface area contributed by atoms with Gasteiger partial charge in [0.1, 0.15) is 5.82 Å². The quantitative estimate of drug-likeness (QED) is 0.865. The predicted octanol–water partition coefficient (Wildman–Crippen LogP) is 3.13. The third-order valence-electron chi connectivity index (χ3n) is 5.23. The van der Waals surface area contributed by atoms with Gasteiger partial charge in [-0.15, -0.1) is 0 Å². The molecule has 0 N–H and O–H groups in total. The highest BCUT2D eigenvalue weighted by atomic mass is 19.1. The fourth-order valence-electron chi connectivity index (χ4n) is 3.86. The van der Waals surface area contributed by atoms with Gasteiger partial charge in [-0.1, -0.05) is 12.1 Å². The minimum Gasteiger partial charge on any atom is -0.338 e. The first-order valence-corrected chi connectivity index (χ1v) is 8.67. The lowest BCUT2D eigenvalue weighted by molar-refractivity contribution is -0.133. The van der Waals surface area contributed by atoms with Crippen LogP contribution in [0.3, 0.4) is 0 Å². The van der Waals surface area contributed by atoms with Crippen LogP contribution in [0.2, 0.25) is 0 Å². The lowest BCUT2D eigenvalue weighted by Gasteiger charge is -2.25. The van der Waals surface area contributed by atoms with Crippen LogP contribution in [0.25, 0.3) is 0 Å². The van der Waals surface area contributed by atoms with Crippen molar-refractivity contribution in [3.63, 3.8) is 0 Å². The number of rotatable bonds is 4. The highest BCUT2D eigenvalue weighted by Gasteiger charge is 2.47. The summed E-state index contributed by atoms with van der Waals surface area (Å²) in [5.41, 5.74) is 2.22. The molecule has 2 aliphatic rings. The molecule has 0 spiro atoms. The Hall–Kier alpha value is -2.17. The summed E-state index contributed by atoms with van der Waals surface area (Å²) in [5, 5.41) is 4.35. The zero-order valence-corrected chi connectivity index (χ0v) is 13.9. The van der Waals surface area contributed by atoms with Gasteiger partial charge in [0.2, 0.25) is 5.91 Å². The standard InChI is InChI=1S/C19H22FN3O/c1-13-10-21-22(11-13)12-16-3-2-8-23(16)19(24)18-9-17(18)14-4-6-15(20)7-5-14/h4-7,10-11,16-18H,2-3,8-9,12H2,1H3/t16-,17+,18+/m0/s1. The Bertz CT molecular complexity index is 739. The van der Waals surface area contributed by atoms with Crippen LogP contribution in [0.5, 0.6) is 0 Å². The van der Waals surface area contributed by atoms with E-state index in [9.17, 15) is 9.18 Å². The van der Waals surface area contributed by atoms with Gasteiger partial charge in [-0.2, -0.15) is 5.10 Å². The average molecular weight is 327 g/mol. The molecule has 0 radical (unpaired) electrons. The number of amides is 1. The Balaban J connectivity index is 1.41. The molecule has 1 aromatic carbocycles. The van der Waals surface area contributed by atoms with Crippen LogP contribution in [-0.4, -0.2) is 33.2 Å². The molecule has 4 rings (SSSR count). The van der Waals surface area contributed by atoms with E-state index in [4.69, 9.17) is 0 Å². The minimum atomic E-state index is -0.226. The Morgan fingerprint density at radius 3 is 2.83 bits per heavy atom. The van der Waals surface area contributed by atoms with Gasteiger partial charge in [-0.3, -0.25) is 9.48 Å². The number of aryl methyl sites for hydroxylation is 1. The summed E-state index contributed by atoms with van der Waals surface area (Å²) in [6.07, 6.45) is 6.86. The van der Waals surface area contributed by atoms with E-state index in [1.807, 2.05) is 28.9 Å². The summed E-state index contributed by atoms with van der Waals surface area (Å²) in [5.74, 6) is 0.355. The number of hydrogen-bond donors (Lipinski definition) is 0. The number of nitrogens with zero attached hydrogens (tertiary/aromatic N) is 3. The summed E-state index contributed by atoms with van der Waals surface area (Å²) in [7, 11) is 0. The molecule has 1 aliphatic heterocycles. The van der Waals surface area contributed by atoms with Crippen LogP contribution in [0.15, 0.2) is 36.7 Å². The minimum absolute atomic E-state index is 0.0652. The molecule has 0 unspecified atom stereocenters. The van der Waals surface area contributed by atoms with Gasteiger partial charge in [-0.25, -0.2) is 4.39 Å². The highest BCUT2D eigenvalue weighted by molar-refractivity contribution is 5.83. The summed E-state index contributed by atoms with van der Waals surface area (Å²) in [6.45, 7) is 3.64. The number of aromatic nitrogens is 2. The molecule has 0 bridgehead atoms. The predicted molar refractivity (Wildman–Crippen MR) is 88.9 cm³/mol. The van der Waals surface area contributed by atoms with Gasteiger partial charge in [0, 0.05) is 18.7 Å². The Kier molecular flexibility index (Phi) is 3.87. The van der Waals surface area contributed by atoms with Crippen molar-refractivity contribution in [1.29, 1.82) is 0 Å². The third-order valence-corrected chi connectivity index (χ3v) is 5.23. The maximum absolute atomic E-state index is 13.0. The van der Waals surface area contributed by atoms with E-state index in [1.54, 1.807) is 12.1 Å². The first-order chi connectivity index (χ1) is 11.6. The van der Waals surface area contributed by atoms with Gasteiger partial charge in [-0.05, 0) is 55.4 Å². The van der Waals surface area contributed by atoms with E-state index in [1.165, 1.54) is 12.1 Å². The summed E-state index contributed by atoms with van der Waals surface area (Å²) in [4.78, 5) is 14.9. The van der Waals surface area contributed by atoms with Crippen LogP contribution in [-0.2, 0) is 11.3 Å². The second-order valence-corrected chi connectivity index (χ2v) is 7.07. The maximum Gasteiger partial charge on any atom is 0.226 e. The third kappa shape index (κ3) is 2.95. The molecule has 1 aliphatic carbocycles. The van der Waals surface area contributed by atoms with E-state index in [0.717, 1.165) is 43.5 Å². The number of halogens is 1. The first kappa shape index (κ1) is 15.4. The Morgan fingerprint density at radius 2 is 2.12 bits per heavy atom. The molecule has 2 heterocycles. The van der Waals surface area contributed by atoms with Crippen LogP contribution in [0.1, 0.15) is 36.3 Å². The number of carbonyl (C=O) groups excluding carboxylic acids is 1. The van der Waals surface area contributed by atoms with Gasteiger partial charge >= 0.3 is 0 Å². The fourth-order valence-corrected chi connectivity index (χ4v) is 3.86. The van der Waals surface area contributed by atoms with Crippen molar-refractivity contribution >= 4 is 5.91 Å². The molecule has 1 amide bonds. The second kappa shape index (κ2) is 6.04. The SMILES string of the molecule is Cc1cnn(C[C@@H]2CCCN2C(=O)[C@@H]2C[C@@H]2c2ccc(F)cc2)c1. The van der Waals surface area contributed by atoms with E-state index >= 15 is 0 Å². The fraction of sp³-hybridized carbons (Fsp3) is 0.474. The molecule has 1 saturated heterocycles. The highest BCUT2D eigenvalue weighted by Crippen LogP contribution is 2.49.